The second-order valence-corrected chi connectivity index (χ2v) is 19.4. The van der Waals surface area contributed by atoms with Crippen LogP contribution in [0.3, 0.4) is 0 Å². The van der Waals surface area contributed by atoms with Crippen LogP contribution in [0, 0.1) is 34.5 Å². The summed E-state index contributed by atoms with van der Waals surface area (Å²) in [5.74, 6) is -0.659. The van der Waals surface area contributed by atoms with Gasteiger partial charge < -0.3 is 68.9 Å². The molecule has 21 atom stereocenters. The summed E-state index contributed by atoms with van der Waals surface area (Å²) in [6, 6.07) is 0. The smallest absolute Gasteiger partial charge is 0.331 e. The molecule has 4 aliphatic carbocycles. The first-order valence-electron chi connectivity index (χ1n) is 21.9. The molecule has 7 N–H and O–H groups in total. The quantitative estimate of drug-likeness (QED) is 0.144. The largest absolute Gasteiger partial charge is 0.481 e. The zero-order valence-electron chi connectivity index (χ0n) is 35.3. The lowest BCUT2D eigenvalue weighted by molar-refractivity contribution is -0.336. The molecule has 16 nitrogen and oxygen atoms in total. The molecule has 4 aliphatic heterocycles. The number of ether oxygens (including phenoxy) is 7. The van der Waals surface area contributed by atoms with E-state index in [1.165, 1.54) is 6.08 Å². The lowest BCUT2D eigenvalue weighted by atomic mass is 9.43. The van der Waals surface area contributed by atoms with Crippen molar-refractivity contribution >= 4 is 11.9 Å². The third-order valence-electron chi connectivity index (χ3n) is 15.8. The van der Waals surface area contributed by atoms with Gasteiger partial charge in [-0.15, -0.1) is 0 Å². The van der Waals surface area contributed by atoms with Gasteiger partial charge in [-0.25, -0.2) is 4.79 Å². The molecule has 0 aromatic rings. The van der Waals surface area contributed by atoms with Gasteiger partial charge in [-0.1, -0.05) is 13.8 Å². The summed E-state index contributed by atoms with van der Waals surface area (Å²) in [6.45, 7) is 11.1. The number of carboxylic acids is 1. The number of fused-ring (bicyclic) bond motifs is 5. The Hall–Kier alpha value is -1.80. The van der Waals surface area contributed by atoms with Crippen LogP contribution in [0.2, 0.25) is 0 Å². The Labute approximate surface area is 346 Å². The van der Waals surface area contributed by atoms with Crippen LogP contribution >= 0.6 is 0 Å². The molecule has 0 aromatic carbocycles. The van der Waals surface area contributed by atoms with Gasteiger partial charge in [-0.05, 0) is 94.5 Å². The summed E-state index contributed by atoms with van der Waals surface area (Å²) in [5.41, 5.74) is -0.686. The van der Waals surface area contributed by atoms with E-state index in [1.807, 2.05) is 6.92 Å². The van der Waals surface area contributed by atoms with Gasteiger partial charge in [0.05, 0.1) is 54.4 Å². The standard InChI is InChI=1S/C41H64O14.C2H4O2/c1-19-36(47)27(42)14-33(50-19)54-38-21(3)52-34(16-29(38)44)55-37-20(2)51-32(15-28(37)43)53-24-8-10-39(4)23(13-24)6-7-26-25(39)9-11-40(5)35(22-12-31(46)49-18-22)30(45)17-41(26,40)48;1-2(3)4/h12,19-21,23-30,32-38,42-45,47-48H,6-11,13-18H2,1-5H3;1H3,(H,3,4)/t19-,20-,21-,23-,24+,25+,26-,27+,28+,29+,30+,32-,33-,34-,35+,36-,37-,38-,39+,40-,41?;/m1./s1. The number of hydrogen-bond acceptors (Lipinski definition) is 15. The number of aliphatic hydroxyl groups is 6. The number of esters is 1. The zero-order chi connectivity index (χ0) is 42.8. The Morgan fingerprint density at radius 3 is 1.83 bits per heavy atom. The summed E-state index contributed by atoms with van der Waals surface area (Å²) < 4.78 is 42.1. The molecular formula is C43H68O16. The summed E-state index contributed by atoms with van der Waals surface area (Å²) in [4.78, 5) is 21.0. The van der Waals surface area contributed by atoms with Gasteiger partial charge in [-0.2, -0.15) is 0 Å². The summed E-state index contributed by atoms with van der Waals surface area (Å²) in [5, 5.41) is 73.8. The molecule has 0 aromatic heterocycles. The SMILES string of the molecule is CC(=O)O.C[C@H]1O[C@H](O[C@H]2[C@@H](O)C[C@@H](O[C@H]3[C@@H](O)C[C@@H](O[C@H]4CC[C@@]5(C)[C@H](CC[C@@H]6[C@@H]5CC[C@]5(C)[C@@H](C7=CC(=O)OC7)[C@@H](O)CC65O)C4)O[C@@H]3C)O[C@@H]2C)C[C@H](O)[C@@H]1O. The first kappa shape index (κ1) is 45.2. The van der Waals surface area contributed by atoms with Crippen molar-refractivity contribution in [2.45, 2.75) is 204 Å². The number of aliphatic hydroxyl groups excluding tert-OH is 5. The van der Waals surface area contributed by atoms with Crippen LogP contribution in [-0.4, -0.2) is 146 Å². The molecule has 0 radical (unpaired) electrons. The van der Waals surface area contributed by atoms with Crippen LogP contribution in [0.4, 0.5) is 0 Å². The van der Waals surface area contributed by atoms with Crippen molar-refractivity contribution in [2.75, 3.05) is 6.61 Å². The van der Waals surface area contributed by atoms with Gasteiger partial charge >= 0.3 is 5.97 Å². The molecule has 1 unspecified atom stereocenters. The minimum atomic E-state index is -1.01. The Bertz CT molecular complexity index is 1500. The topological polar surface area (TPSA) is 240 Å². The van der Waals surface area contributed by atoms with Crippen molar-refractivity contribution in [3.63, 3.8) is 0 Å². The third-order valence-corrected chi connectivity index (χ3v) is 15.8. The van der Waals surface area contributed by atoms with E-state index in [-0.39, 0.29) is 55.2 Å². The second-order valence-electron chi connectivity index (χ2n) is 19.4. The second kappa shape index (κ2) is 17.4. The van der Waals surface area contributed by atoms with Gasteiger partial charge in [0.1, 0.15) is 24.9 Å². The van der Waals surface area contributed by atoms with Crippen molar-refractivity contribution in [3.05, 3.63) is 11.6 Å². The predicted octanol–water partition coefficient (Wildman–Crippen LogP) is 2.31. The monoisotopic (exact) mass is 840 g/mol. The number of carbonyl (C=O) groups excluding carboxylic acids is 1. The molecule has 7 fully saturated rings. The Balaban J connectivity index is 0.00000126. The Morgan fingerprint density at radius 2 is 1.29 bits per heavy atom. The van der Waals surface area contributed by atoms with Crippen LogP contribution in [0.25, 0.3) is 0 Å². The lowest BCUT2D eigenvalue weighted by Crippen LogP contribution is -2.62. The number of carbonyl (C=O) groups is 2. The summed E-state index contributed by atoms with van der Waals surface area (Å²) in [6.07, 6.45) is -1.26. The number of rotatable bonds is 7. The lowest BCUT2D eigenvalue weighted by Gasteiger charge is -2.63. The van der Waals surface area contributed by atoms with Gasteiger partial charge in [0.2, 0.25) is 0 Å². The van der Waals surface area contributed by atoms with Gasteiger partial charge in [0, 0.05) is 50.0 Å². The van der Waals surface area contributed by atoms with E-state index in [1.54, 1.807) is 13.8 Å². The van der Waals surface area contributed by atoms with E-state index in [0.29, 0.717) is 18.3 Å². The minimum absolute atomic E-state index is 0.0203. The normalized spacial score (nSPS) is 52.2. The Morgan fingerprint density at radius 1 is 0.729 bits per heavy atom. The number of cyclic esters (lactones) is 1. The molecule has 3 saturated heterocycles. The molecule has 16 heteroatoms. The predicted molar refractivity (Wildman–Crippen MR) is 206 cm³/mol. The van der Waals surface area contributed by atoms with E-state index < -0.39 is 96.9 Å². The number of carboxylic acid groups (broad SMARTS) is 1. The first-order valence-corrected chi connectivity index (χ1v) is 21.9. The van der Waals surface area contributed by atoms with Crippen molar-refractivity contribution < 1.29 is 78.5 Å². The molecular weight excluding hydrogens is 772 g/mol. The van der Waals surface area contributed by atoms with Crippen molar-refractivity contribution in [1.82, 2.24) is 0 Å². The highest BCUT2D eigenvalue weighted by Crippen LogP contribution is 2.70. The molecule has 0 amide bonds. The fraction of sp³-hybridized carbons (Fsp3) is 0.907. The van der Waals surface area contributed by atoms with Crippen molar-refractivity contribution in [1.29, 1.82) is 0 Å². The molecule has 8 rings (SSSR count). The average Bonchev–Trinajstić information content (AvgIpc) is 3.65. The van der Waals surface area contributed by atoms with E-state index in [2.05, 4.69) is 13.8 Å². The Kier molecular flexibility index (Phi) is 13.3. The molecule has 4 saturated carbocycles. The number of hydrogen-bond donors (Lipinski definition) is 7. The fourth-order valence-electron chi connectivity index (χ4n) is 12.9. The molecule has 336 valence electrons. The van der Waals surface area contributed by atoms with Gasteiger partial charge in [-0.3, -0.25) is 4.79 Å². The highest BCUT2D eigenvalue weighted by Gasteiger charge is 2.70. The summed E-state index contributed by atoms with van der Waals surface area (Å²) in [7, 11) is 0. The average molecular weight is 841 g/mol. The van der Waals surface area contributed by atoms with Crippen molar-refractivity contribution in [2.24, 2.45) is 34.5 Å². The maximum Gasteiger partial charge on any atom is 0.331 e. The van der Waals surface area contributed by atoms with E-state index >= 15 is 0 Å². The van der Waals surface area contributed by atoms with E-state index in [4.69, 9.17) is 43.1 Å². The minimum Gasteiger partial charge on any atom is -0.481 e. The molecule has 0 spiro atoms. The molecule has 0 bridgehead atoms. The number of aliphatic carboxylic acids is 1. The van der Waals surface area contributed by atoms with E-state index in [0.717, 1.165) is 57.4 Å². The van der Waals surface area contributed by atoms with Crippen LogP contribution < -0.4 is 0 Å². The van der Waals surface area contributed by atoms with Gasteiger partial charge in [0.25, 0.3) is 5.97 Å². The summed E-state index contributed by atoms with van der Waals surface area (Å²) >= 11 is 0. The van der Waals surface area contributed by atoms with Crippen molar-refractivity contribution in [3.8, 4) is 0 Å². The zero-order valence-corrected chi connectivity index (χ0v) is 35.3. The van der Waals surface area contributed by atoms with Gasteiger partial charge in [0.15, 0.2) is 18.9 Å². The fourth-order valence-corrected chi connectivity index (χ4v) is 12.9. The molecule has 4 heterocycles. The molecule has 59 heavy (non-hydrogen) atoms. The van der Waals surface area contributed by atoms with E-state index in [9.17, 15) is 35.4 Å². The highest BCUT2D eigenvalue weighted by molar-refractivity contribution is 5.85. The van der Waals surface area contributed by atoms with Crippen LogP contribution in [-0.2, 0) is 42.7 Å². The van der Waals surface area contributed by atoms with Crippen LogP contribution in [0.5, 0.6) is 0 Å². The maximum absolute atomic E-state index is 12.6. The highest BCUT2D eigenvalue weighted by atomic mass is 16.7. The molecule has 8 aliphatic rings. The maximum atomic E-state index is 12.6. The van der Waals surface area contributed by atoms with Crippen LogP contribution in [0.15, 0.2) is 11.6 Å². The van der Waals surface area contributed by atoms with Crippen LogP contribution in [0.1, 0.15) is 112 Å². The third kappa shape index (κ3) is 8.64. The first-order chi connectivity index (χ1) is 27.7.